The van der Waals surface area contributed by atoms with E-state index < -0.39 is 0 Å². The molecule has 0 aliphatic rings. The van der Waals surface area contributed by atoms with Gasteiger partial charge >= 0.3 is 0 Å². The van der Waals surface area contributed by atoms with Crippen molar-refractivity contribution >= 4 is 0 Å². The van der Waals surface area contributed by atoms with Crippen LogP contribution < -0.4 is 0 Å². The van der Waals surface area contributed by atoms with Gasteiger partial charge in [-0.3, -0.25) is 0 Å². The molecule has 0 radical (unpaired) electrons. The number of aryl methyl sites for hydroxylation is 1. The third-order valence-corrected chi connectivity index (χ3v) is 3.45. The van der Waals surface area contributed by atoms with Crippen LogP contribution in [0.3, 0.4) is 0 Å². The predicted molar refractivity (Wildman–Crippen MR) is 126 cm³/mol. The number of benzene rings is 4. The largest absolute Gasteiger partial charge is 0.0683 e. The Morgan fingerprint density at radius 2 is 0.821 bits per heavy atom. The highest BCUT2D eigenvalue weighted by Gasteiger charge is 1.91. The minimum atomic E-state index is -0.337. The zero-order valence-electron chi connectivity index (χ0n) is 22.2. The van der Waals surface area contributed by atoms with Gasteiger partial charge in [-0.1, -0.05) is 146 Å². The molecule has 0 amide bonds. The molecule has 0 unspecified atom stereocenters. The van der Waals surface area contributed by atoms with Gasteiger partial charge in [0.15, 0.2) is 0 Å². The van der Waals surface area contributed by atoms with Crippen molar-refractivity contribution in [2.45, 2.75) is 27.7 Å². The van der Waals surface area contributed by atoms with Gasteiger partial charge in [0.1, 0.15) is 0 Å². The SMILES string of the molecule is CC.Cc1ccccc1.[2H]c1c([2H])c([2H])c(C)c([2H])c1[2H].c1ccc(-c2ccccc2)cc1. The maximum Gasteiger partial charge on any atom is 0.0625 e. The van der Waals surface area contributed by atoms with Crippen molar-refractivity contribution < 1.29 is 6.85 Å². The molecule has 0 aromatic heterocycles. The molecule has 4 rings (SSSR count). The van der Waals surface area contributed by atoms with Crippen molar-refractivity contribution in [1.82, 2.24) is 0 Å². The Kier molecular flexibility index (Phi) is 8.51. The molecular weight excluding hydrogens is 336 g/mol. The third-order valence-electron chi connectivity index (χ3n) is 3.45. The first-order valence-electron chi connectivity index (χ1n) is 12.0. The normalized spacial score (nSPS) is 11.2. The van der Waals surface area contributed by atoms with Crippen LogP contribution >= 0.6 is 0 Å². The molecule has 0 fully saturated rings. The fourth-order valence-electron chi connectivity index (χ4n) is 2.11. The summed E-state index contributed by atoms with van der Waals surface area (Å²) in [5, 5.41) is 0. The molecule has 0 N–H and O–H groups in total. The summed E-state index contributed by atoms with van der Waals surface area (Å²) in [6.45, 7) is 7.60. The lowest BCUT2D eigenvalue weighted by molar-refractivity contribution is 1.48. The Labute approximate surface area is 178 Å². The fourth-order valence-corrected chi connectivity index (χ4v) is 2.11. The van der Waals surface area contributed by atoms with Crippen molar-refractivity contribution in [3.63, 3.8) is 0 Å². The van der Waals surface area contributed by atoms with Gasteiger partial charge in [-0.25, -0.2) is 0 Å². The highest BCUT2D eigenvalue weighted by Crippen LogP contribution is 2.17. The van der Waals surface area contributed by atoms with E-state index in [1.807, 2.05) is 44.2 Å². The average Bonchev–Trinajstić information content (AvgIpc) is 2.88. The Bertz CT molecular complexity index is 937. The van der Waals surface area contributed by atoms with Gasteiger partial charge in [0, 0.05) is 0 Å². The summed E-state index contributed by atoms with van der Waals surface area (Å²) in [6, 6.07) is 29.9. The molecule has 4 aromatic carbocycles. The van der Waals surface area contributed by atoms with E-state index in [0.29, 0.717) is 5.56 Å². The average molecular weight is 374 g/mol. The molecule has 0 aliphatic carbocycles. The Morgan fingerprint density at radius 1 is 0.464 bits per heavy atom. The molecule has 4 aromatic rings. The minimum Gasteiger partial charge on any atom is -0.0683 e. The van der Waals surface area contributed by atoms with Crippen LogP contribution in [0.25, 0.3) is 11.1 Å². The summed E-state index contributed by atoms with van der Waals surface area (Å²) in [6.07, 6.45) is 0. The van der Waals surface area contributed by atoms with E-state index in [1.165, 1.54) is 23.6 Å². The van der Waals surface area contributed by atoms with Gasteiger partial charge in [0.05, 0.1) is 6.85 Å². The lowest BCUT2D eigenvalue weighted by Crippen LogP contribution is -1.73. The second-order valence-electron chi connectivity index (χ2n) is 5.64. The summed E-state index contributed by atoms with van der Waals surface area (Å²) in [4.78, 5) is 0. The maximum absolute atomic E-state index is 7.31. The maximum atomic E-state index is 7.31. The Morgan fingerprint density at radius 3 is 1.14 bits per heavy atom. The van der Waals surface area contributed by atoms with Crippen molar-refractivity contribution in [2.24, 2.45) is 0 Å². The third kappa shape index (κ3) is 10.1. The summed E-state index contributed by atoms with van der Waals surface area (Å²) in [5.41, 5.74) is 4.17. The van der Waals surface area contributed by atoms with Gasteiger partial charge in [-0.2, -0.15) is 0 Å². The number of rotatable bonds is 1. The lowest BCUT2D eigenvalue weighted by Gasteiger charge is -1.98. The van der Waals surface area contributed by atoms with Gasteiger partial charge in [-0.15, -0.1) is 0 Å². The quantitative estimate of drug-likeness (QED) is 0.314. The van der Waals surface area contributed by atoms with E-state index in [1.54, 1.807) is 0 Å². The highest BCUT2D eigenvalue weighted by molar-refractivity contribution is 5.62. The number of hydrogen-bond donors (Lipinski definition) is 0. The minimum absolute atomic E-state index is 0.124. The number of hydrogen-bond acceptors (Lipinski definition) is 0. The first kappa shape index (κ1) is 15.9. The summed E-state index contributed by atoms with van der Waals surface area (Å²) in [7, 11) is 0. The van der Waals surface area contributed by atoms with Crippen molar-refractivity contribution in [3.8, 4) is 11.1 Å². The smallest absolute Gasteiger partial charge is 0.0625 e. The van der Waals surface area contributed by atoms with Crippen LogP contribution in [0, 0.1) is 13.8 Å². The molecule has 0 heterocycles. The molecule has 0 saturated carbocycles. The summed E-state index contributed by atoms with van der Waals surface area (Å²) in [5.74, 6) is 0. The predicted octanol–water partition coefficient (Wildman–Crippen LogP) is 8.37. The molecule has 0 nitrogen and oxygen atoms in total. The van der Waals surface area contributed by atoms with Crippen LogP contribution in [-0.4, -0.2) is 0 Å². The van der Waals surface area contributed by atoms with Gasteiger partial charge in [0.25, 0.3) is 0 Å². The van der Waals surface area contributed by atoms with E-state index in [2.05, 4.69) is 67.6 Å². The summed E-state index contributed by atoms with van der Waals surface area (Å²) >= 11 is 0. The second-order valence-corrected chi connectivity index (χ2v) is 5.64. The first-order chi connectivity index (χ1) is 15.8. The van der Waals surface area contributed by atoms with Crippen LogP contribution in [0.5, 0.6) is 0 Å². The molecular formula is C28H32. The van der Waals surface area contributed by atoms with Crippen LogP contribution in [0.1, 0.15) is 31.8 Å². The van der Waals surface area contributed by atoms with Crippen LogP contribution in [0.2, 0.25) is 0 Å². The molecule has 144 valence electrons. The monoisotopic (exact) mass is 373 g/mol. The van der Waals surface area contributed by atoms with E-state index in [9.17, 15) is 0 Å². The van der Waals surface area contributed by atoms with Crippen molar-refractivity contribution in [1.29, 1.82) is 0 Å². The van der Waals surface area contributed by atoms with Gasteiger partial charge in [0.2, 0.25) is 0 Å². The van der Waals surface area contributed by atoms with Crippen LogP contribution in [0.15, 0.2) is 121 Å². The van der Waals surface area contributed by atoms with Gasteiger partial charge < -0.3 is 0 Å². The second kappa shape index (κ2) is 15.0. The van der Waals surface area contributed by atoms with E-state index >= 15 is 0 Å². The van der Waals surface area contributed by atoms with Crippen molar-refractivity contribution in [3.05, 3.63) is 132 Å². The molecule has 0 atom stereocenters. The molecule has 0 heteroatoms. The van der Waals surface area contributed by atoms with Crippen LogP contribution in [0.4, 0.5) is 0 Å². The van der Waals surface area contributed by atoms with E-state index in [0.717, 1.165) is 0 Å². The van der Waals surface area contributed by atoms with Gasteiger partial charge in [-0.05, 0) is 25.0 Å². The zero-order chi connectivity index (χ0) is 24.8. The topological polar surface area (TPSA) is 0 Å². The molecule has 0 saturated heterocycles. The Hall–Kier alpha value is -3.12. The van der Waals surface area contributed by atoms with Crippen LogP contribution in [-0.2, 0) is 0 Å². The van der Waals surface area contributed by atoms with Crippen molar-refractivity contribution in [2.75, 3.05) is 0 Å². The molecule has 0 spiro atoms. The zero-order valence-corrected chi connectivity index (χ0v) is 17.2. The van der Waals surface area contributed by atoms with E-state index in [4.69, 9.17) is 6.85 Å². The molecule has 0 bridgehead atoms. The highest BCUT2D eigenvalue weighted by atomic mass is 14.0. The molecule has 0 aliphatic heterocycles. The lowest BCUT2D eigenvalue weighted by atomic mass is 10.1. The molecule has 28 heavy (non-hydrogen) atoms. The first-order valence-corrected chi connectivity index (χ1v) is 9.48. The van der Waals surface area contributed by atoms with E-state index in [-0.39, 0.29) is 30.2 Å². The standard InChI is InChI=1S/C12H10.2C7H8.C2H6/c1-3-7-11(8-4-1)12-9-5-2-6-10-12;2*1-7-5-3-2-4-6-7;1-2/h1-10H;2*2-6H,1H3;1-2H3/i;2D,3D,4D,5D,6D;;. The summed E-state index contributed by atoms with van der Waals surface area (Å²) < 4.78 is 36.3. The fraction of sp³-hybridized carbons (Fsp3) is 0.143. The Balaban J connectivity index is 0.000000246.